The number of unbranched alkanes of at least 4 members (excludes halogenated alkanes) is 1. The van der Waals surface area contributed by atoms with Crippen LogP contribution in [0.15, 0.2) is 42.6 Å². The Kier molecular flexibility index (Phi) is 7.31. The molecule has 0 aliphatic heterocycles. The molecule has 0 aliphatic carbocycles. The van der Waals surface area contributed by atoms with Crippen LogP contribution in [0, 0.1) is 6.92 Å². The first-order chi connectivity index (χ1) is 10.5. The number of aromatic nitrogens is 1. The second kappa shape index (κ2) is 8.73. The van der Waals surface area contributed by atoms with Gasteiger partial charge in [0.2, 0.25) is 0 Å². The third-order valence-corrected chi connectivity index (χ3v) is 4.23. The third kappa shape index (κ3) is 4.98. The van der Waals surface area contributed by atoms with Gasteiger partial charge in [0.15, 0.2) is 0 Å². The van der Waals surface area contributed by atoms with Gasteiger partial charge in [-0.05, 0) is 42.5 Å². The molecule has 0 saturated carbocycles. The minimum Gasteiger partial charge on any atom is -0.256 e. The van der Waals surface area contributed by atoms with Crippen molar-refractivity contribution in [2.75, 3.05) is 0 Å². The summed E-state index contributed by atoms with van der Waals surface area (Å²) in [4.78, 5) is 4.50. The molecule has 0 saturated heterocycles. The van der Waals surface area contributed by atoms with E-state index in [1.165, 1.54) is 29.5 Å². The molecule has 0 N–H and O–H groups in total. The van der Waals surface area contributed by atoms with E-state index >= 15 is 0 Å². The van der Waals surface area contributed by atoms with E-state index in [0.717, 1.165) is 12.1 Å². The first-order valence-corrected chi connectivity index (χ1v) is 8.48. The third-order valence-electron chi connectivity index (χ3n) is 4.23. The highest BCUT2D eigenvalue weighted by molar-refractivity contribution is 5.66. The first kappa shape index (κ1) is 18.4. The van der Waals surface area contributed by atoms with Crippen LogP contribution in [-0.4, -0.2) is 4.98 Å². The zero-order valence-corrected chi connectivity index (χ0v) is 15.1. The zero-order chi connectivity index (χ0) is 16.6. The second-order valence-corrected chi connectivity index (χ2v) is 6.50. The molecule has 1 aromatic carbocycles. The molecule has 0 unspecified atom stereocenters. The summed E-state index contributed by atoms with van der Waals surface area (Å²) in [6.07, 6.45) is 5.62. The van der Waals surface area contributed by atoms with E-state index in [-0.39, 0.29) is 5.41 Å². The Morgan fingerprint density at radius 3 is 2.14 bits per heavy atom. The number of benzene rings is 1. The van der Waals surface area contributed by atoms with Gasteiger partial charge < -0.3 is 0 Å². The topological polar surface area (TPSA) is 12.9 Å². The molecule has 1 heterocycles. The van der Waals surface area contributed by atoms with Crippen LogP contribution >= 0.6 is 0 Å². The average molecular weight is 297 g/mol. The Bertz CT molecular complexity index is 553. The Morgan fingerprint density at radius 1 is 0.955 bits per heavy atom. The summed E-state index contributed by atoms with van der Waals surface area (Å²) in [5, 5.41) is 0. The fourth-order valence-corrected chi connectivity index (χ4v) is 2.17. The van der Waals surface area contributed by atoms with Crippen molar-refractivity contribution in [1.82, 2.24) is 4.98 Å². The lowest BCUT2D eigenvalue weighted by Gasteiger charge is -2.26. The van der Waals surface area contributed by atoms with Crippen molar-refractivity contribution in [2.45, 2.75) is 66.2 Å². The van der Waals surface area contributed by atoms with Crippen molar-refractivity contribution in [3.05, 3.63) is 53.7 Å². The van der Waals surface area contributed by atoms with Gasteiger partial charge in [-0.2, -0.15) is 0 Å². The summed E-state index contributed by atoms with van der Waals surface area (Å²) >= 11 is 0. The lowest BCUT2D eigenvalue weighted by molar-refractivity contribution is 0.507. The van der Waals surface area contributed by atoms with Crippen LogP contribution in [0.25, 0.3) is 11.3 Å². The van der Waals surface area contributed by atoms with E-state index in [1.54, 1.807) is 0 Å². The maximum absolute atomic E-state index is 4.50. The molecule has 0 amide bonds. The molecule has 0 bridgehead atoms. The molecule has 22 heavy (non-hydrogen) atoms. The summed E-state index contributed by atoms with van der Waals surface area (Å²) in [5.74, 6) is 0. The molecular weight excluding hydrogens is 266 g/mol. The van der Waals surface area contributed by atoms with Crippen molar-refractivity contribution < 1.29 is 0 Å². The highest BCUT2D eigenvalue weighted by atomic mass is 14.7. The van der Waals surface area contributed by atoms with Crippen LogP contribution in [0.5, 0.6) is 0 Å². The van der Waals surface area contributed by atoms with E-state index in [4.69, 9.17) is 0 Å². The highest BCUT2D eigenvalue weighted by Gasteiger charge is 2.22. The predicted octanol–water partition coefficient (Wildman–Crippen LogP) is 6.55. The monoisotopic (exact) mass is 297 g/mol. The molecule has 1 nitrogen and oxygen atoms in total. The van der Waals surface area contributed by atoms with Crippen molar-refractivity contribution >= 4 is 0 Å². The first-order valence-electron chi connectivity index (χ1n) is 8.48. The number of pyridine rings is 1. The molecule has 0 atom stereocenters. The van der Waals surface area contributed by atoms with Gasteiger partial charge in [0.1, 0.15) is 0 Å². The molecule has 0 spiro atoms. The quantitative estimate of drug-likeness (QED) is 0.623. The second-order valence-electron chi connectivity index (χ2n) is 6.50. The smallest absolute Gasteiger partial charge is 0.0705 e. The van der Waals surface area contributed by atoms with Crippen LogP contribution in [0.2, 0.25) is 0 Å². The van der Waals surface area contributed by atoms with Gasteiger partial charge in [0.05, 0.1) is 5.69 Å². The normalized spacial score (nSPS) is 10.8. The fourth-order valence-electron chi connectivity index (χ4n) is 2.17. The highest BCUT2D eigenvalue weighted by Crippen LogP contribution is 2.35. The van der Waals surface area contributed by atoms with Gasteiger partial charge in [-0.15, -0.1) is 0 Å². The molecule has 120 valence electrons. The zero-order valence-electron chi connectivity index (χ0n) is 15.1. The minimum atomic E-state index is 0.181. The van der Waals surface area contributed by atoms with Gasteiger partial charge in [0.25, 0.3) is 0 Å². The molecule has 0 fully saturated rings. The van der Waals surface area contributed by atoms with E-state index in [9.17, 15) is 0 Å². The lowest BCUT2D eigenvalue weighted by atomic mass is 9.78. The maximum Gasteiger partial charge on any atom is 0.0705 e. The molecule has 1 aromatic heterocycles. The minimum absolute atomic E-state index is 0.181. The lowest BCUT2D eigenvalue weighted by Crippen LogP contribution is -2.17. The van der Waals surface area contributed by atoms with Crippen molar-refractivity contribution in [3.8, 4) is 11.3 Å². The average Bonchev–Trinajstić information content (AvgIpc) is 2.55. The summed E-state index contributed by atoms with van der Waals surface area (Å²) in [7, 11) is 0. The maximum atomic E-state index is 4.50. The van der Waals surface area contributed by atoms with Gasteiger partial charge >= 0.3 is 0 Å². The van der Waals surface area contributed by atoms with Gasteiger partial charge in [0, 0.05) is 11.8 Å². The van der Waals surface area contributed by atoms with Crippen LogP contribution in [0.3, 0.4) is 0 Å². The number of nitrogens with zero attached hydrogens (tertiary/aromatic N) is 1. The van der Waals surface area contributed by atoms with Crippen LogP contribution < -0.4 is 0 Å². The van der Waals surface area contributed by atoms with Gasteiger partial charge in [-0.1, -0.05) is 71.2 Å². The SMILES string of the molecule is CCC(C)(C)c1ccc(C)cc1-c1ccccn1.CCCC. The van der Waals surface area contributed by atoms with Crippen molar-refractivity contribution in [3.63, 3.8) is 0 Å². The van der Waals surface area contributed by atoms with Crippen molar-refractivity contribution in [2.24, 2.45) is 0 Å². The summed E-state index contributed by atoms with van der Waals surface area (Å²) in [6, 6.07) is 12.8. The summed E-state index contributed by atoms with van der Waals surface area (Å²) < 4.78 is 0. The Balaban J connectivity index is 0.000000541. The van der Waals surface area contributed by atoms with E-state index in [2.05, 4.69) is 70.8 Å². The number of rotatable bonds is 4. The van der Waals surface area contributed by atoms with Gasteiger partial charge in [-0.3, -0.25) is 4.98 Å². The predicted molar refractivity (Wildman–Crippen MR) is 98.3 cm³/mol. The fraction of sp³-hybridized carbons (Fsp3) is 0.476. The number of hydrogen-bond donors (Lipinski definition) is 0. The summed E-state index contributed by atoms with van der Waals surface area (Å²) in [6.45, 7) is 13.3. The van der Waals surface area contributed by atoms with Crippen LogP contribution in [-0.2, 0) is 5.41 Å². The van der Waals surface area contributed by atoms with Gasteiger partial charge in [-0.25, -0.2) is 0 Å². The van der Waals surface area contributed by atoms with Crippen LogP contribution in [0.1, 0.15) is 65.0 Å². The van der Waals surface area contributed by atoms with E-state index in [0.29, 0.717) is 0 Å². The molecule has 2 rings (SSSR count). The Hall–Kier alpha value is -1.63. The molecule has 0 aliphatic rings. The van der Waals surface area contributed by atoms with Crippen LogP contribution in [0.4, 0.5) is 0 Å². The molecule has 2 aromatic rings. The number of aryl methyl sites for hydroxylation is 1. The molecular formula is C21H31N. The van der Waals surface area contributed by atoms with E-state index < -0.39 is 0 Å². The number of hydrogen-bond acceptors (Lipinski definition) is 1. The molecule has 1 heteroatoms. The largest absolute Gasteiger partial charge is 0.256 e. The Labute approximate surface area is 136 Å². The van der Waals surface area contributed by atoms with Crippen molar-refractivity contribution in [1.29, 1.82) is 0 Å². The van der Waals surface area contributed by atoms with E-state index in [1.807, 2.05) is 18.3 Å². The molecule has 0 radical (unpaired) electrons. The standard InChI is InChI=1S/C17H21N.C4H10/c1-5-17(3,4)15-10-9-13(2)12-14(15)16-8-6-7-11-18-16;1-3-4-2/h6-12H,5H2,1-4H3;3-4H2,1-2H3. The Morgan fingerprint density at radius 2 is 1.64 bits per heavy atom. The summed E-state index contributed by atoms with van der Waals surface area (Å²) in [5.41, 5.74) is 5.18.